The molecule has 0 amide bonds. The Morgan fingerprint density at radius 2 is 2.04 bits per heavy atom. The smallest absolute Gasteiger partial charge is 0.258 e. The zero-order valence-electron chi connectivity index (χ0n) is 13.2. The maximum Gasteiger partial charge on any atom is 0.258 e. The van der Waals surface area contributed by atoms with Crippen molar-refractivity contribution in [1.82, 2.24) is 14.5 Å². The van der Waals surface area contributed by atoms with E-state index < -0.39 is 0 Å². The van der Waals surface area contributed by atoms with Crippen molar-refractivity contribution in [2.24, 2.45) is 0 Å². The Labute approximate surface area is 150 Å². The Balaban J connectivity index is 1.79. The highest BCUT2D eigenvalue weighted by molar-refractivity contribution is 7.71. The molecule has 0 spiro atoms. The Hall–Kier alpha value is -1.63. The molecule has 5 nitrogen and oxygen atoms in total. The maximum atomic E-state index is 12.5. The summed E-state index contributed by atoms with van der Waals surface area (Å²) in [5.41, 5.74) is 1.48. The van der Waals surface area contributed by atoms with Gasteiger partial charge >= 0.3 is 0 Å². The molecule has 2 heterocycles. The Kier molecular flexibility index (Phi) is 4.20. The van der Waals surface area contributed by atoms with Crippen LogP contribution in [0.4, 0.5) is 5.82 Å². The van der Waals surface area contributed by atoms with Gasteiger partial charge in [0.2, 0.25) is 0 Å². The number of fused-ring (bicyclic) bond motifs is 1. The summed E-state index contributed by atoms with van der Waals surface area (Å²) < 4.78 is 2.24. The van der Waals surface area contributed by atoms with Crippen molar-refractivity contribution >= 4 is 29.6 Å². The van der Waals surface area contributed by atoms with Crippen LogP contribution in [-0.4, -0.2) is 27.2 Å². The van der Waals surface area contributed by atoms with Crippen LogP contribution in [0.5, 0.6) is 0 Å². The fourth-order valence-corrected chi connectivity index (χ4v) is 4.20. The number of nitrogens with one attached hydrogen (secondary N) is 2. The highest BCUT2D eigenvalue weighted by Gasteiger charge is 2.28. The molecule has 1 aliphatic heterocycles. The van der Waals surface area contributed by atoms with E-state index in [2.05, 4.69) is 15.2 Å². The lowest BCUT2D eigenvalue weighted by molar-refractivity contribution is 0.195. The molecule has 0 bridgehead atoms. The van der Waals surface area contributed by atoms with Crippen LogP contribution < -0.4 is 10.9 Å². The first-order chi connectivity index (χ1) is 11.6. The van der Waals surface area contributed by atoms with Gasteiger partial charge in [0.1, 0.15) is 5.82 Å². The number of hydrogen-bond donors (Lipinski definition) is 2. The molecule has 0 radical (unpaired) electrons. The van der Waals surface area contributed by atoms with Crippen LogP contribution in [0.15, 0.2) is 29.1 Å². The highest BCUT2D eigenvalue weighted by atomic mass is 35.5. The van der Waals surface area contributed by atoms with Crippen LogP contribution in [-0.2, 0) is 6.54 Å². The molecule has 0 atom stereocenters. The molecule has 126 valence electrons. The topological polar surface area (TPSA) is 53.1 Å². The summed E-state index contributed by atoms with van der Waals surface area (Å²) in [5.74, 6) is 0.778. The van der Waals surface area contributed by atoms with Gasteiger partial charge in [0, 0.05) is 17.6 Å². The molecule has 4 rings (SSSR count). The monoisotopic (exact) mass is 362 g/mol. The minimum Gasteiger partial charge on any atom is -0.358 e. The fourth-order valence-electron chi connectivity index (χ4n) is 3.73. The standard InChI is InChI=1S/C17H19ClN4OS/c18-11-4-3-7-13(8-11)22-15-14(16(23)20-17(22)24)9-21(10-19-15)12-5-1-2-6-12/h3-4,7-8,12,19H,1-2,5-6,9-10H2,(H,20,23,24). The van der Waals surface area contributed by atoms with Gasteiger partial charge in [0.15, 0.2) is 4.77 Å². The van der Waals surface area contributed by atoms with Crippen molar-refractivity contribution in [2.45, 2.75) is 38.3 Å². The third-order valence-corrected chi connectivity index (χ3v) is 5.45. The predicted octanol–water partition coefficient (Wildman–Crippen LogP) is 3.68. The third kappa shape index (κ3) is 2.79. The normalized spacial score (nSPS) is 18.4. The number of anilines is 1. The number of H-pyrrole nitrogens is 1. The van der Waals surface area contributed by atoms with E-state index in [1.165, 1.54) is 25.7 Å². The first kappa shape index (κ1) is 15.9. The minimum atomic E-state index is -0.108. The van der Waals surface area contributed by atoms with Crippen molar-refractivity contribution in [2.75, 3.05) is 12.0 Å². The molecule has 1 saturated carbocycles. The molecular weight excluding hydrogens is 344 g/mol. The van der Waals surface area contributed by atoms with Gasteiger partial charge in [-0.05, 0) is 43.3 Å². The molecule has 7 heteroatoms. The first-order valence-corrected chi connectivity index (χ1v) is 9.04. The van der Waals surface area contributed by atoms with Crippen LogP contribution >= 0.6 is 23.8 Å². The average Bonchev–Trinajstić information content (AvgIpc) is 3.09. The third-order valence-electron chi connectivity index (χ3n) is 4.93. The van der Waals surface area contributed by atoms with Crippen LogP contribution in [0.2, 0.25) is 5.02 Å². The first-order valence-electron chi connectivity index (χ1n) is 8.25. The van der Waals surface area contributed by atoms with Crippen molar-refractivity contribution in [1.29, 1.82) is 0 Å². The quantitative estimate of drug-likeness (QED) is 0.800. The number of halogens is 1. The SMILES string of the molecule is O=c1[nH]c(=S)n(-c2cccc(Cl)c2)c2c1CN(C1CCCC1)CN2. The van der Waals surface area contributed by atoms with E-state index in [9.17, 15) is 4.79 Å². The molecular formula is C17H19ClN4OS. The van der Waals surface area contributed by atoms with Gasteiger partial charge in [0.25, 0.3) is 5.56 Å². The lowest BCUT2D eigenvalue weighted by Gasteiger charge is -2.35. The van der Waals surface area contributed by atoms with E-state index in [0.717, 1.165) is 23.7 Å². The number of nitrogens with zero attached hydrogens (tertiary/aromatic N) is 2. The van der Waals surface area contributed by atoms with Gasteiger partial charge < -0.3 is 5.32 Å². The predicted molar refractivity (Wildman–Crippen MR) is 98.5 cm³/mol. The number of hydrogen-bond acceptors (Lipinski definition) is 4. The van der Waals surface area contributed by atoms with E-state index in [0.29, 0.717) is 22.4 Å². The average molecular weight is 363 g/mol. The van der Waals surface area contributed by atoms with E-state index in [-0.39, 0.29) is 5.56 Å². The molecule has 1 fully saturated rings. The minimum absolute atomic E-state index is 0.108. The van der Waals surface area contributed by atoms with Crippen molar-refractivity contribution in [3.63, 3.8) is 0 Å². The number of aromatic amines is 1. The Morgan fingerprint density at radius 3 is 2.79 bits per heavy atom. The van der Waals surface area contributed by atoms with Crippen LogP contribution in [0.3, 0.4) is 0 Å². The van der Waals surface area contributed by atoms with Crippen molar-refractivity contribution in [3.05, 3.63) is 50.0 Å². The van der Waals surface area contributed by atoms with Crippen LogP contribution in [0.1, 0.15) is 31.2 Å². The zero-order valence-corrected chi connectivity index (χ0v) is 14.8. The summed E-state index contributed by atoms with van der Waals surface area (Å²) in [7, 11) is 0. The molecule has 0 saturated heterocycles. The largest absolute Gasteiger partial charge is 0.358 e. The molecule has 1 aromatic heterocycles. The zero-order chi connectivity index (χ0) is 16.7. The van der Waals surface area contributed by atoms with Crippen LogP contribution in [0, 0.1) is 4.77 Å². The highest BCUT2D eigenvalue weighted by Crippen LogP contribution is 2.29. The van der Waals surface area contributed by atoms with Gasteiger partial charge in [-0.1, -0.05) is 30.5 Å². The Bertz CT molecular complexity index is 885. The van der Waals surface area contributed by atoms with Gasteiger partial charge in [0.05, 0.1) is 17.9 Å². The van der Waals surface area contributed by atoms with Gasteiger partial charge in [-0.15, -0.1) is 0 Å². The molecule has 1 aromatic carbocycles. The van der Waals surface area contributed by atoms with Gasteiger partial charge in [-0.2, -0.15) is 0 Å². The summed E-state index contributed by atoms with van der Waals surface area (Å²) in [6, 6.07) is 8.05. The second kappa shape index (κ2) is 6.35. The van der Waals surface area contributed by atoms with Gasteiger partial charge in [-0.3, -0.25) is 19.2 Å². The number of aromatic nitrogens is 2. The van der Waals surface area contributed by atoms with Gasteiger partial charge in [-0.25, -0.2) is 0 Å². The van der Waals surface area contributed by atoms with Crippen LogP contribution in [0.25, 0.3) is 5.69 Å². The molecule has 24 heavy (non-hydrogen) atoms. The molecule has 2 N–H and O–H groups in total. The molecule has 0 unspecified atom stereocenters. The van der Waals surface area contributed by atoms with E-state index in [1.54, 1.807) is 0 Å². The van der Waals surface area contributed by atoms with E-state index >= 15 is 0 Å². The second-order valence-electron chi connectivity index (χ2n) is 6.42. The fraction of sp³-hybridized carbons (Fsp3) is 0.412. The molecule has 2 aliphatic rings. The second-order valence-corrected chi connectivity index (χ2v) is 7.24. The number of rotatable bonds is 2. The summed E-state index contributed by atoms with van der Waals surface area (Å²) in [4.78, 5) is 17.6. The number of benzene rings is 1. The van der Waals surface area contributed by atoms with Crippen molar-refractivity contribution in [3.8, 4) is 5.69 Å². The molecule has 2 aromatic rings. The summed E-state index contributed by atoms with van der Waals surface area (Å²) in [6.45, 7) is 1.38. The summed E-state index contributed by atoms with van der Waals surface area (Å²) in [5, 5.41) is 4.05. The molecule has 1 aliphatic carbocycles. The van der Waals surface area contributed by atoms with E-state index in [1.807, 2.05) is 28.8 Å². The summed E-state index contributed by atoms with van der Waals surface area (Å²) >= 11 is 11.5. The lowest BCUT2D eigenvalue weighted by atomic mass is 10.1. The van der Waals surface area contributed by atoms with E-state index in [4.69, 9.17) is 23.8 Å². The summed E-state index contributed by atoms with van der Waals surface area (Å²) in [6.07, 6.45) is 4.97. The van der Waals surface area contributed by atoms with Crippen molar-refractivity contribution < 1.29 is 0 Å². The maximum absolute atomic E-state index is 12.5. The Morgan fingerprint density at radius 1 is 1.25 bits per heavy atom. The lowest BCUT2D eigenvalue weighted by Crippen LogP contribution is -2.43.